The van der Waals surface area contributed by atoms with Gasteiger partial charge in [0.1, 0.15) is 6.61 Å². The molecule has 0 spiro atoms. The van der Waals surface area contributed by atoms with E-state index in [2.05, 4.69) is 0 Å². The molecule has 1 saturated carbocycles. The summed E-state index contributed by atoms with van der Waals surface area (Å²) in [4.78, 5) is 13.8. The first-order chi connectivity index (χ1) is 9.28. The second-order valence-electron chi connectivity index (χ2n) is 5.52. The fourth-order valence-electron chi connectivity index (χ4n) is 2.90. The van der Waals surface area contributed by atoms with Crippen LogP contribution in [0.3, 0.4) is 0 Å². The monoisotopic (exact) mass is 261 g/mol. The van der Waals surface area contributed by atoms with Crippen LogP contribution in [0.2, 0.25) is 0 Å². The Labute approximate surface area is 113 Å². The van der Waals surface area contributed by atoms with Crippen molar-refractivity contribution in [3.63, 3.8) is 0 Å². The number of hydrogen-bond donors (Lipinski definition) is 1. The van der Waals surface area contributed by atoms with Gasteiger partial charge in [0.15, 0.2) is 0 Å². The molecule has 1 aromatic carbocycles. The highest BCUT2D eigenvalue weighted by atomic mass is 16.6. The van der Waals surface area contributed by atoms with Crippen LogP contribution in [0.1, 0.15) is 18.4 Å². The Balaban J connectivity index is 1.57. The zero-order valence-corrected chi connectivity index (χ0v) is 10.9. The number of rotatable bonds is 3. The van der Waals surface area contributed by atoms with Crippen molar-refractivity contribution in [3.05, 3.63) is 35.9 Å². The number of carbonyl (C=O) groups is 1. The zero-order chi connectivity index (χ0) is 13.2. The minimum atomic E-state index is -0.298. The first kappa shape index (κ1) is 12.5. The quantitative estimate of drug-likeness (QED) is 0.905. The van der Waals surface area contributed by atoms with Gasteiger partial charge in [-0.1, -0.05) is 30.3 Å². The smallest absolute Gasteiger partial charge is 0.410 e. The number of fused-ring (bicyclic) bond motifs is 1. The van der Waals surface area contributed by atoms with Gasteiger partial charge in [0.2, 0.25) is 0 Å². The van der Waals surface area contributed by atoms with E-state index in [1.54, 1.807) is 4.90 Å². The molecule has 1 aromatic rings. The first-order valence-electron chi connectivity index (χ1n) is 6.86. The molecule has 0 bridgehead atoms. The summed E-state index contributed by atoms with van der Waals surface area (Å²) in [7, 11) is 0. The van der Waals surface area contributed by atoms with E-state index in [9.17, 15) is 9.90 Å². The van der Waals surface area contributed by atoms with Crippen molar-refractivity contribution in [2.45, 2.75) is 25.5 Å². The molecule has 102 valence electrons. The first-order valence-corrected chi connectivity index (χ1v) is 6.86. The Morgan fingerprint density at radius 1 is 1.26 bits per heavy atom. The highest BCUT2D eigenvalue weighted by Gasteiger charge is 2.47. The lowest BCUT2D eigenvalue weighted by Gasteiger charge is -2.33. The predicted molar refractivity (Wildman–Crippen MR) is 70.4 cm³/mol. The van der Waals surface area contributed by atoms with Gasteiger partial charge in [-0.05, 0) is 30.2 Å². The maximum absolute atomic E-state index is 12.1. The standard InChI is InChI=1S/C15H19NO3/c17-9-14-7-12-6-13(12)8-16(14)15(18)19-10-11-4-2-1-3-5-11/h1-5,12-14,17H,6-10H2. The molecular weight excluding hydrogens is 242 g/mol. The lowest BCUT2D eigenvalue weighted by Crippen LogP contribution is -2.46. The van der Waals surface area contributed by atoms with E-state index in [4.69, 9.17) is 4.74 Å². The third-order valence-electron chi connectivity index (χ3n) is 4.17. The number of nitrogens with zero attached hydrogens (tertiary/aromatic N) is 1. The fraction of sp³-hybridized carbons (Fsp3) is 0.533. The normalized spacial score (nSPS) is 28.7. The lowest BCUT2D eigenvalue weighted by atomic mass is 10.0. The van der Waals surface area contributed by atoms with Crippen LogP contribution >= 0.6 is 0 Å². The zero-order valence-electron chi connectivity index (χ0n) is 10.9. The molecular formula is C15H19NO3. The van der Waals surface area contributed by atoms with Crippen molar-refractivity contribution >= 4 is 6.09 Å². The second kappa shape index (κ2) is 5.21. The molecule has 4 heteroatoms. The summed E-state index contributed by atoms with van der Waals surface area (Å²) in [6.45, 7) is 1.07. The third kappa shape index (κ3) is 2.73. The van der Waals surface area contributed by atoms with Crippen molar-refractivity contribution in [1.29, 1.82) is 0 Å². The van der Waals surface area contributed by atoms with Crippen LogP contribution in [0.4, 0.5) is 4.79 Å². The van der Waals surface area contributed by atoms with E-state index in [1.165, 1.54) is 6.42 Å². The van der Waals surface area contributed by atoms with Crippen molar-refractivity contribution in [2.24, 2.45) is 11.8 Å². The van der Waals surface area contributed by atoms with Gasteiger partial charge >= 0.3 is 6.09 Å². The van der Waals surface area contributed by atoms with Crippen LogP contribution in [-0.4, -0.2) is 35.3 Å². The summed E-state index contributed by atoms with van der Waals surface area (Å²) < 4.78 is 5.34. The number of amides is 1. The summed E-state index contributed by atoms with van der Waals surface area (Å²) in [6, 6.07) is 9.59. The molecule has 1 amide bonds. The molecule has 1 saturated heterocycles. The maximum Gasteiger partial charge on any atom is 0.410 e. The molecule has 3 rings (SSSR count). The van der Waals surface area contributed by atoms with E-state index in [0.717, 1.165) is 24.4 Å². The largest absolute Gasteiger partial charge is 0.445 e. The van der Waals surface area contributed by atoms with Crippen LogP contribution in [0.15, 0.2) is 30.3 Å². The molecule has 0 aromatic heterocycles. The number of hydrogen-bond acceptors (Lipinski definition) is 3. The van der Waals surface area contributed by atoms with Crippen molar-refractivity contribution in [3.8, 4) is 0 Å². The number of likely N-dealkylation sites (tertiary alicyclic amines) is 1. The van der Waals surface area contributed by atoms with E-state index in [-0.39, 0.29) is 18.7 Å². The van der Waals surface area contributed by atoms with Crippen LogP contribution in [0.5, 0.6) is 0 Å². The Kier molecular flexibility index (Phi) is 3.42. The topological polar surface area (TPSA) is 49.8 Å². The Hall–Kier alpha value is -1.55. The maximum atomic E-state index is 12.1. The molecule has 19 heavy (non-hydrogen) atoms. The van der Waals surface area contributed by atoms with Gasteiger partial charge < -0.3 is 14.7 Å². The molecule has 4 nitrogen and oxygen atoms in total. The van der Waals surface area contributed by atoms with Gasteiger partial charge in [0.25, 0.3) is 0 Å². The predicted octanol–water partition coefficient (Wildman–Crippen LogP) is 2.03. The molecule has 3 unspecified atom stereocenters. The van der Waals surface area contributed by atoms with E-state index in [0.29, 0.717) is 12.5 Å². The summed E-state index contributed by atoms with van der Waals surface area (Å²) in [5, 5.41) is 9.38. The average molecular weight is 261 g/mol. The number of aliphatic hydroxyl groups is 1. The van der Waals surface area contributed by atoms with Gasteiger partial charge in [0.05, 0.1) is 12.6 Å². The third-order valence-corrected chi connectivity index (χ3v) is 4.17. The Bertz CT molecular complexity index is 448. The Morgan fingerprint density at radius 3 is 2.79 bits per heavy atom. The minimum absolute atomic E-state index is 0.0314. The number of benzene rings is 1. The average Bonchev–Trinajstić information content (AvgIpc) is 3.22. The van der Waals surface area contributed by atoms with Crippen molar-refractivity contribution < 1.29 is 14.6 Å². The van der Waals surface area contributed by atoms with Crippen molar-refractivity contribution in [1.82, 2.24) is 4.90 Å². The number of ether oxygens (including phenoxy) is 1. The van der Waals surface area contributed by atoms with Gasteiger partial charge in [-0.15, -0.1) is 0 Å². The molecule has 1 heterocycles. The molecule has 1 aliphatic heterocycles. The summed E-state index contributed by atoms with van der Waals surface area (Å²) in [6.07, 6.45) is 1.81. The van der Waals surface area contributed by atoms with Gasteiger partial charge in [-0.25, -0.2) is 4.79 Å². The molecule has 0 radical (unpaired) electrons. The van der Waals surface area contributed by atoms with Gasteiger partial charge in [-0.3, -0.25) is 0 Å². The number of carbonyl (C=O) groups excluding carboxylic acids is 1. The lowest BCUT2D eigenvalue weighted by molar-refractivity contribution is 0.0475. The van der Waals surface area contributed by atoms with Gasteiger partial charge in [-0.2, -0.15) is 0 Å². The minimum Gasteiger partial charge on any atom is -0.445 e. The van der Waals surface area contributed by atoms with Crippen LogP contribution in [-0.2, 0) is 11.3 Å². The van der Waals surface area contributed by atoms with Crippen LogP contribution in [0, 0.1) is 11.8 Å². The number of piperidine rings is 1. The highest BCUT2D eigenvalue weighted by Crippen LogP contribution is 2.47. The van der Waals surface area contributed by atoms with Crippen LogP contribution in [0.25, 0.3) is 0 Å². The van der Waals surface area contributed by atoms with E-state index in [1.807, 2.05) is 30.3 Å². The highest BCUT2D eigenvalue weighted by molar-refractivity contribution is 5.68. The molecule has 1 aliphatic carbocycles. The van der Waals surface area contributed by atoms with Crippen molar-refractivity contribution in [2.75, 3.05) is 13.2 Å². The summed E-state index contributed by atoms with van der Waals surface area (Å²) >= 11 is 0. The SMILES string of the molecule is O=C(OCc1ccccc1)N1CC2CC2CC1CO. The molecule has 2 aliphatic rings. The molecule has 2 fully saturated rings. The van der Waals surface area contributed by atoms with E-state index < -0.39 is 0 Å². The molecule has 1 N–H and O–H groups in total. The number of aliphatic hydroxyl groups excluding tert-OH is 1. The fourth-order valence-corrected chi connectivity index (χ4v) is 2.90. The van der Waals surface area contributed by atoms with Gasteiger partial charge in [0, 0.05) is 6.54 Å². The Morgan fingerprint density at radius 2 is 2.05 bits per heavy atom. The molecule has 3 atom stereocenters. The second-order valence-corrected chi connectivity index (χ2v) is 5.52. The van der Waals surface area contributed by atoms with Crippen LogP contribution < -0.4 is 0 Å². The summed E-state index contributed by atoms with van der Waals surface area (Å²) in [5.74, 6) is 1.35. The van der Waals surface area contributed by atoms with E-state index >= 15 is 0 Å². The summed E-state index contributed by atoms with van der Waals surface area (Å²) in [5.41, 5.74) is 0.984.